The molecule has 110 valence electrons. The number of hydrogen-bond donors (Lipinski definition) is 1. The van der Waals surface area contributed by atoms with Gasteiger partial charge in [0.15, 0.2) is 0 Å². The van der Waals surface area contributed by atoms with Crippen molar-refractivity contribution in [3.05, 3.63) is 23.9 Å². The number of carbonyl (C=O) groups excluding carboxylic acids is 1. The average Bonchev–Trinajstić information content (AvgIpc) is 2.48. The van der Waals surface area contributed by atoms with E-state index in [0.29, 0.717) is 11.5 Å². The minimum Gasteiger partial charge on any atom is -0.381 e. The van der Waals surface area contributed by atoms with Gasteiger partial charge < -0.3 is 15.0 Å². The molecule has 2 rings (SSSR count). The van der Waals surface area contributed by atoms with Gasteiger partial charge in [-0.2, -0.15) is 0 Å². The van der Waals surface area contributed by atoms with Crippen LogP contribution in [-0.2, 0) is 4.74 Å². The van der Waals surface area contributed by atoms with E-state index in [-0.39, 0.29) is 5.91 Å². The lowest BCUT2D eigenvalue weighted by atomic mass is 9.99. The van der Waals surface area contributed by atoms with Gasteiger partial charge in [0.25, 0.3) is 5.91 Å². The third-order valence-corrected chi connectivity index (χ3v) is 3.58. The normalized spacial score (nSPS) is 15.9. The molecule has 1 N–H and O–H groups in total. The third-order valence-electron chi connectivity index (χ3n) is 3.58. The number of nitrogens with zero attached hydrogens (tertiary/aromatic N) is 2. The summed E-state index contributed by atoms with van der Waals surface area (Å²) < 4.78 is 5.35. The lowest BCUT2D eigenvalue weighted by Gasteiger charge is -2.27. The molecule has 0 radical (unpaired) electrons. The minimum absolute atomic E-state index is 0.0537. The second kappa shape index (κ2) is 7.24. The number of hydrogen-bond acceptors (Lipinski definition) is 4. The van der Waals surface area contributed by atoms with E-state index >= 15 is 0 Å². The molecule has 0 saturated carbocycles. The first-order valence-corrected chi connectivity index (χ1v) is 7.24. The van der Waals surface area contributed by atoms with Crippen LogP contribution in [0, 0.1) is 5.92 Å². The lowest BCUT2D eigenvalue weighted by molar-refractivity contribution is 0.0497. The van der Waals surface area contributed by atoms with Crippen molar-refractivity contribution in [1.82, 2.24) is 9.88 Å². The van der Waals surface area contributed by atoms with Crippen LogP contribution in [0.4, 0.5) is 5.82 Å². The number of ether oxygens (including phenoxy) is 1. The van der Waals surface area contributed by atoms with Gasteiger partial charge in [0.2, 0.25) is 0 Å². The van der Waals surface area contributed by atoms with Gasteiger partial charge in [-0.05, 0) is 37.8 Å². The first-order chi connectivity index (χ1) is 9.70. The zero-order valence-corrected chi connectivity index (χ0v) is 12.3. The van der Waals surface area contributed by atoms with Crippen LogP contribution in [0.25, 0.3) is 0 Å². The monoisotopic (exact) mass is 277 g/mol. The largest absolute Gasteiger partial charge is 0.381 e. The maximum Gasteiger partial charge on any atom is 0.253 e. The fourth-order valence-electron chi connectivity index (χ4n) is 2.46. The summed E-state index contributed by atoms with van der Waals surface area (Å²) in [7, 11) is 1.87. The van der Waals surface area contributed by atoms with Gasteiger partial charge in [-0.25, -0.2) is 4.98 Å². The second-order valence-electron chi connectivity index (χ2n) is 5.20. The van der Waals surface area contributed by atoms with Crippen LogP contribution in [0.2, 0.25) is 0 Å². The average molecular weight is 277 g/mol. The zero-order valence-electron chi connectivity index (χ0n) is 12.3. The van der Waals surface area contributed by atoms with E-state index in [4.69, 9.17) is 4.74 Å². The summed E-state index contributed by atoms with van der Waals surface area (Å²) in [6.07, 6.45) is 3.75. The van der Waals surface area contributed by atoms with Gasteiger partial charge in [0.05, 0.1) is 0 Å². The van der Waals surface area contributed by atoms with Crippen LogP contribution in [0.15, 0.2) is 18.3 Å². The van der Waals surface area contributed by atoms with E-state index in [9.17, 15) is 4.79 Å². The summed E-state index contributed by atoms with van der Waals surface area (Å²) in [5.41, 5.74) is 0.686. The standard InChI is InChI=1S/C15H23N3O2/c1-3-16-14-10-13(4-7-17-14)15(19)18(2)11-12-5-8-20-9-6-12/h4,7,10,12H,3,5-6,8-9,11H2,1-2H3,(H,16,17). The molecule has 0 aliphatic carbocycles. The van der Waals surface area contributed by atoms with Crippen molar-refractivity contribution in [3.8, 4) is 0 Å². The number of rotatable bonds is 5. The van der Waals surface area contributed by atoms with Gasteiger partial charge >= 0.3 is 0 Å². The number of aromatic nitrogens is 1. The highest BCUT2D eigenvalue weighted by molar-refractivity contribution is 5.94. The van der Waals surface area contributed by atoms with Gasteiger partial charge in [-0.3, -0.25) is 4.79 Å². The van der Waals surface area contributed by atoms with Crippen LogP contribution in [-0.4, -0.2) is 49.1 Å². The number of nitrogens with one attached hydrogen (secondary N) is 1. The smallest absolute Gasteiger partial charge is 0.253 e. The van der Waals surface area contributed by atoms with Crippen LogP contribution >= 0.6 is 0 Å². The molecule has 5 nitrogen and oxygen atoms in total. The molecule has 0 bridgehead atoms. The molecule has 1 aromatic heterocycles. The highest BCUT2D eigenvalue weighted by Crippen LogP contribution is 2.17. The summed E-state index contributed by atoms with van der Waals surface area (Å²) in [6.45, 7) is 5.22. The van der Waals surface area contributed by atoms with E-state index in [1.165, 1.54) is 0 Å². The molecule has 0 spiro atoms. The Morgan fingerprint density at radius 3 is 2.95 bits per heavy atom. The molecular weight excluding hydrogens is 254 g/mol. The van der Waals surface area contributed by atoms with Crippen LogP contribution in [0.5, 0.6) is 0 Å². The Labute approximate surface area is 120 Å². The fraction of sp³-hybridized carbons (Fsp3) is 0.600. The number of pyridine rings is 1. The molecule has 2 heterocycles. The van der Waals surface area contributed by atoms with Gasteiger partial charge in [0.1, 0.15) is 5.82 Å². The molecule has 20 heavy (non-hydrogen) atoms. The third kappa shape index (κ3) is 3.93. The van der Waals surface area contributed by atoms with Crippen LogP contribution in [0.3, 0.4) is 0 Å². The predicted octanol–water partition coefficient (Wildman–Crippen LogP) is 2.01. The molecule has 1 saturated heterocycles. The molecule has 0 unspecified atom stereocenters. The summed E-state index contributed by atoms with van der Waals surface area (Å²) in [4.78, 5) is 18.4. The molecule has 1 aliphatic rings. The van der Waals surface area contributed by atoms with Crippen LogP contribution in [0.1, 0.15) is 30.1 Å². The van der Waals surface area contributed by atoms with E-state index in [1.54, 1.807) is 17.2 Å². The Bertz CT molecular complexity index is 444. The van der Waals surface area contributed by atoms with E-state index in [1.807, 2.05) is 20.0 Å². The van der Waals surface area contributed by atoms with Crippen molar-refractivity contribution in [3.63, 3.8) is 0 Å². The molecule has 1 aliphatic heterocycles. The Morgan fingerprint density at radius 2 is 2.25 bits per heavy atom. The summed E-state index contributed by atoms with van der Waals surface area (Å²) >= 11 is 0. The quantitative estimate of drug-likeness (QED) is 0.894. The number of amides is 1. The maximum atomic E-state index is 12.4. The first kappa shape index (κ1) is 14.8. The van der Waals surface area contributed by atoms with E-state index in [0.717, 1.165) is 45.0 Å². The van der Waals surface area contributed by atoms with E-state index < -0.39 is 0 Å². The van der Waals surface area contributed by atoms with Crippen LogP contribution < -0.4 is 5.32 Å². The fourth-order valence-corrected chi connectivity index (χ4v) is 2.46. The zero-order chi connectivity index (χ0) is 14.4. The number of anilines is 1. The molecule has 1 fully saturated rings. The topological polar surface area (TPSA) is 54.5 Å². The van der Waals surface area contributed by atoms with Crippen molar-refractivity contribution in [2.75, 3.05) is 38.7 Å². The Morgan fingerprint density at radius 1 is 1.50 bits per heavy atom. The molecular formula is C15H23N3O2. The van der Waals surface area contributed by atoms with Gasteiger partial charge in [-0.15, -0.1) is 0 Å². The van der Waals surface area contributed by atoms with Crippen molar-refractivity contribution in [2.24, 2.45) is 5.92 Å². The maximum absolute atomic E-state index is 12.4. The second-order valence-corrected chi connectivity index (χ2v) is 5.20. The number of carbonyl (C=O) groups is 1. The van der Waals surface area contributed by atoms with Crippen molar-refractivity contribution >= 4 is 11.7 Å². The summed E-state index contributed by atoms with van der Waals surface area (Å²) in [6, 6.07) is 3.58. The van der Waals surface area contributed by atoms with Crippen molar-refractivity contribution < 1.29 is 9.53 Å². The molecule has 1 amide bonds. The molecule has 5 heteroatoms. The van der Waals surface area contributed by atoms with Gasteiger partial charge in [0, 0.05) is 45.1 Å². The SMILES string of the molecule is CCNc1cc(C(=O)N(C)CC2CCOCC2)ccn1. The Kier molecular flexibility index (Phi) is 5.35. The van der Waals surface area contributed by atoms with Crippen molar-refractivity contribution in [2.45, 2.75) is 19.8 Å². The van der Waals surface area contributed by atoms with E-state index in [2.05, 4.69) is 10.3 Å². The minimum atomic E-state index is 0.0537. The highest BCUT2D eigenvalue weighted by Gasteiger charge is 2.19. The molecule has 1 aromatic rings. The highest BCUT2D eigenvalue weighted by atomic mass is 16.5. The summed E-state index contributed by atoms with van der Waals surface area (Å²) in [5, 5.41) is 3.12. The molecule has 0 atom stereocenters. The Balaban J connectivity index is 1.96. The van der Waals surface area contributed by atoms with Crippen molar-refractivity contribution in [1.29, 1.82) is 0 Å². The Hall–Kier alpha value is -1.62. The predicted molar refractivity (Wildman–Crippen MR) is 78.9 cm³/mol. The summed E-state index contributed by atoms with van der Waals surface area (Å²) in [5.74, 6) is 1.35. The lowest BCUT2D eigenvalue weighted by Crippen LogP contribution is -2.34. The van der Waals surface area contributed by atoms with Gasteiger partial charge in [-0.1, -0.05) is 0 Å². The molecule has 0 aromatic carbocycles. The first-order valence-electron chi connectivity index (χ1n) is 7.24.